The van der Waals surface area contributed by atoms with Gasteiger partial charge in [-0.15, -0.1) is 0 Å². The van der Waals surface area contributed by atoms with E-state index in [1.807, 2.05) is 0 Å². The van der Waals surface area contributed by atoms with Gasteiger partial charge in [-0.3, -0.25) is 4.79 Å². The second kappa shape index (κ2) is 6.30. The average molecular weight is 337 g/mol. The Morgan fingerprint density at radius 2 is 2.00 bits per heavy atom. The first-order valence-electron chi connectivity index (χ1n) is 6.05. The van der Waals surface area contributed by atoms with E-state index in [0.29, 0.717) is 22.3 Å². The molecule has 2 N–H and O–H groups in total. The van der Waals surface area contributed by atoms with Crippen molar-refractivity contribution in [1.29, 1.82) is 0 Å². The fourth-order valence-corrected chi connectivity index (χ4v) is 3.97. The van der Waals surface area contributed by atoms with Gasteiger partial charge in [0.2, 0.25) is 5.91 Å². The predicted molar refractivity (Wildman–Crippen MR) is 80.2 cm³/mol. The normalized spacial score (nSPS) is 21.4. The summed E-state index contributed by atoms with van der Waals surface area (Å²) in [7, 11) is -3.06. The number of rotatable bonds is 3. The first kappa shape index (κ1) is 15.6. The first-order chi connectivity index (χ1) is 9.37. The Morgan fingerprint density at radius 1 is 1.35 bits per heavy atom. The van der Waals surface area contributed by atoms with E-state index >= 15 is 0 Å². The molecular weight excluding hydrogens is 323 g/mol. The summed E-state index contributed by atoms with van der Waals surface area (Å²) in [5.74, 6) is -0.243. The van der Waals surface area contributed by atoms with Crippen molar-refractivity contribution in [2.24, 2.45) is 0 Å². The van der Waals surface area contributed by atoms with Crippen LogP contribution < -0.4 is 10.6 Å². The van der Waals surface area contributed by atoms with Crippen molar-refractivity contribution in [2.45, 2.75) is 12.5 Å². The molecular formula is C12H14Cl2N2O3S. The van der Waals surface area contributed by atoms with Gasteiger partial charge in [-0.2, -0.15) is 0 Å². The molecule has 1 heterocycles. The molecule has 1 aromatic rings. The molecule has 1 amide bonds. The lowest BCUT2D eigenvalue weighted by atomic mass is 10.2. The number of carbonyl (C=O) groups is 1. The highest BCUT2D eigenvalue weighted by molar-refractivity contribution is 7.91. The molecule has 0 saturated carbocycles. The van der Waals surface area contributed by atoms with Crippen LogP contribution in [0.3, 0.4) is 0 Å². The van der Waals surface area contributed by atoms with Crippen molar-refractivity contribution < 1.29 is 13.2 Å². The molecule has 1 aromatic carbocycles. The van der Waals surface area contributed by atoms with Gasteiger partial charge in [0, 0.05) is 19.0 Å². The standard InChI is InChI=1S/C12H14Cl2N2O3S/c13-9-2-1-3-10(14)12(9)16-11(17)6-8-7-20(18,19)5-4-15-8/h1-3,8,15H,4-7H2,(H,16,17). The lowest BCUT2D eigenvalue weighted by Gasteiger charge is -2.23. The lowest BCUT2D eigenvalue weighted by molar-refractivity contribution is -0.116. The molecule has 1 atom stereocenters. The van der Waals surface area contributed by atoms with E-state index in [-0.39, 0.29) is 29.9 Å². The summed E-state index contributed by atoms with van der Waals surface area (Å²) in [4.78, 5) is 11.9. The van der Waals surface area contributed by atoms with Crippen LogP contribution >= 0.6 is 23.2 Å². The highest BCUT2D eigenvalue weighted by atomic mass is 35.5. The Bertz CT molecular complexity index is 599. The first-order valence-corrected chi connectivity index (χ1v) is 8.63. The summed E-state index contributed by atoms with van der Waals surface area (Å²) < 4.78 is 23.0. The van der Waals surface area contributed by atoms with Gasteiger partial charge in [0.15, 0.2) is 9.84 Å². The number of hydrogen-bond acceptors (Lipinski definition) is 4. The molecule has 110 valence electrons. The van der Waals surface area contributed by atoms with Gasteiger partial charge in [0.1, 0.15) is 0 Å². The van der Waals surface area contributed by atoms with Crippen LogP contribution in [0.15, 0.2) is 18.2 Å². The zero-order chi connectivity index (χ0) is 14.8. The second-order valence-electron chi connectivity index (χ2n) is 4.61. The average Bonchev–Trinajstić information content (AvgIpc) is 2.33. The molecule has 0 bridgehead atoms. The molecule has 5 nitrogen and oxygen atoms in total. The van der Waals surface area contributed by atoms with Crippen LogP contribution in [0.2, 0.25) is 10.0 Å². The van der Waals surface area contributed by atoms with Gasteiger partial charge in [-0.1, -0.05) is 29.3 Å². The van der Waals surface area contributed by atoms with Crippen LogP contribution in [-0.4, -0.2) is 38.4 Å². The van der Waals surface area contributed by atoms with E-state index < -0.39 is 9.84 Å². The molecule has 1 aliphatic heterocycles. The molecule has 2 rings (SSSR count). The summed E-state index contributed by atoms with van der Waals surface area (Å²) in [6.45, 7) is 0.368. The van der Waals surface area contributed by atoms with Crippen molar-refractivity contribution in [2.75, 3.05) is 23.4 Å². The Kier molecular flexibility index (Phi) is 4.90. The molecule has 0 radical (unpaired) electrons. The minimum Gasteiger partial charge on any atom is -0.323 e. The second-order valence-corrected chi connectivity index (χ2v) is 7.66. The zero-order valence-corrected chi connectivity index (χ0v) is 12.9. The van der Waals surface area contributed by atoms with Crippen LogP contribution in [-0.2, 0) is 14.6 Å². The van der Waals surface area contributed by atoms with Crippen LogP contribution in [0.25, 0.3) is 0 Å². The number of benzene rings is 1. The third-order valence-corrected chi connectivity index (χ3v) is 5.33. The fraction of sp³-hybridized carbons (Fsp3) is 0.417. The number of hydrogen-bond donors (Lipinski definition) is 2. The summed E-state index contributed by atoms with van der Waals surface area (Å²) in [6, 6.07) is 4.53. The molecule has 0 aromatic heterocycles. The highest BCUT2D eigenvalue weighted by Crippen LogP contribution is 2.29. The summed E-state index contributed by atoms with van der Waals surface area (Å²) in [5, 5.41) is 6.32. The van der Waals surface area contributed by atoms with E-state index in [0.717, 1.165) is 0 Å². The minimum atomic E-state index is -3.06. The Balaban J connectivity index is 1.99. The van der Waals surface area contributed by atoms with Gasteiger partial charge in [0.05, 0.1) is 27.2 Å². The molecule has 1 aliphatic rings. The number of nitrogens with one attached hydrogen (secondary N) is 2. The molecule has 1 fully saturated rings. The third kappa shape index (κ3) is 4.09. The quantitative estimate of drug-likeness (QED) is 0.881. The maximum Gasteiger partial charge on any atom is 0.226 e. The number of sulfone groups is 1. The zero-order valence-electron chi connectivity index (χ0n) is 10.5. The van der Waals surface area contributed by atoms with Gasteiger partial charge >= 0.3 is 0 Å². The minimum absolute atomic E-state index is 0.0311. The number of anilines is 1. The Labute approximate surface area is 127 Å². The van der Waals surface area contributed by atoms with E-state index in [1.165, 1.54) is 0 Å². The van der Waals surface area contributed by atoms with Crippen LogP contribution in [0.1, 0.15) is 6.42 Å². The summed E-state index contributed by atoms with van der Waals surface area (Å²) in [5.41, 5.74) is 0.347. The SMILES string of the molecule is O=C(CC1CS(=O)(=O)CCN1)Nc1c(Cl)cccc1Cl. The Hall–Kier alpha value is -0.820. The van der Waals surface area contributed by atoms with Crippen molar-refractivity contribution in [1.82, 2.24) is 5.32 Å². The molecule has 20 heavy (non-hydrogen) atoms. The van der Waals surface area contributed by atoms with Gasteiger partial charge in [-0.05, 0) is 12.1 Å². The van der Waals surface area contributed by atoms with Crippen molar-refractivity contribution in [3.8, 4) is 0 Å². The summed E-state index contributed by atoms with van der Waals surface area (Å²) >= 11 is 11.9. The van der Waals surface area contributed by atoms with Crippen molar-refractivity contribution >= 4 is 44.6 Å². The van der Waals surface area contributed by atoms with E-state index in [2.05, 4.69) is 10.6 Å². The van der Waals surface area contributed by atoms with Crippen molar-refractivity contribution in [3.05, 3.63) is 28.2 Å². The molecule has 0 aliphatic carbocycles. The molecule has 1 unspecified atom stereocenters. The third-order valence-electron chi connectivity index (χ3n) is 2.96. The topological polar surface area (TPSA) is 75.3 Å². The largest absolute Gasteiger partial charge is 0.323 e. The lowest BCUT2D eigenvalue weighted by Crippen LogP contribution is -2.46. The van der Waals surface area contributed by atoms with E-state index in [4.69, 9.17) is 23.2 Å². The molecule has 0 spiro atoms. The number of para-hydroxylation sites is 1. The van der Waals surface area contributed by atoms with Crippen LogP contribution in [0.5, 0.6) is 0 Å². The highest BCUT2D eigenvalue weighted by Gasteiger charge is 2.26. The summed E-state index contributed by atoms with van der Waals surface area (Å²) in [6.07, 6.45) is 0.0563. The number of amides is 1. The Morgan fingerprint density at radius 3 is 2.60 bits per heavy atom. The maximum atomic E-state index is 11.9. The number of halogens is 2. The molecule has 1 saturated heterocycles. The number of carbonyl (C=O) groups excluding carboxylic acids is 1. The van der Waals surface area contributed by atoms with Gasteiger partial charge in [-0.25, -0.2) is 8.42 Å². The van der Waals surface area contributed by atoms with Crippen LogP contribution in [0, 0.1) is 0 Å². The predicted octanol–water partition coefficient (Wildman–Crippen LogP) is 1.71. The van der Waals surface area contributed by atoms with Gasteiger partial charge in [0.25, 0.3) is 0 Å². The monoisotopic (exact) mass is 336 g/mol. The van der Waals surface area contributed by atoms with Crippen LogP contribution in [0.4, 0.5) is 5.69 Å². The van der Waals surface area contributed by atoms with Gasteiger partial charge < -0.3 is 10.6 Å². The maximum absolute atomic E-state index is 11.9. The fourth-order valence-electron chi connectivity index (χ4n) is 2.03. The van der Waals surface area contributed by atoms with Crippen molar-refractivity contribution in [3.63, 3.8) is 0 Å². The molecule has 8 heteroatoms. The van der Waals surface area contributed by atoms with E-state index in [9.17, 15) is 13.2 Å². The van der Waals surface area contributed by atoms with E-state index in [1.54, 1.807) is 18.2 Å². The smallest absolute Gasteiger partial charge is 0.226 e.